The standard InChI is InChI=1S/C25H29Cl2N5OS/c1-18(4-9-30-25(33)24-22(26)14-29-15-23(24)27)31-10-5-20(6-11-31)32(16-19-7-12-34-17-19)21-3-2-8-28-13-21/h2-3,7-8,12-15,17-18,20H,4-6,9-11,16H2,1H3,(H,30,33). The third kappa shape index (κ3) is 6.27. The van der Waals surface area contributed by atoms with Gasteiger partial charge in [0.1, 0.15) is 0 Å². The van der Waals surface area contributed by atoms with Gasteiger partial charge in [-0.25, -0.2) is 0 Å². The minimum absolute atomic E-state index is 0.260. The molecule has 0 spiro atoms. The molecule has 1 amide bonds. The van der Waals surface area contributed by atoms with Crippen LogP contribution in [0.15, 0.2) is 53.7 Å². The second-order valence-corrected chi connectivity index (χ2v) is 10.2. The van der Waals surface area contributed by atoms with Crippen LogP contribution >= 0.6 is 34.5 Å². The molecule has 1 unspecified atom stereocenters. The van der Waals surface area contributed by atoms with Gasteiger partial charge in [0.2, 0.25) is 0 Å². The molecule has 1 aliphatic heterocycles. The Morgan fingerprint density at radius 1 is 1.21 bits per heavy atom. The number of pyridine rings is 2. The molecule has 0 bridgehead atoms. The molecule has 0 radical (unpaired) electrons. The van der Waals surface area contributed by atoms with E-state index in [0.29, 0.717) is 18.6 Å². The Hall–Kier alpha value is -2.19. The van der Waals surface area contributed by atoms with E-state index in [2.05, 4.69) is 54.9 Å². The van der Waals surface area contributed by atoms with Crippen molar-refractivity contribution in [3.05, 3.63) is 74.9 Å². The average molecular weight is 519 g/mol. The summed E-state index contributed by atoms with van der Waals surface area (Å²) in [7, 11) is 0. The normalized spacial score (nSPS) is 15.7. The van der Waals surface area contributed by atoms with Crippen molar-refractivity contribution in [3.8, 4) is 0 Å². The molecule has 1 atom stereocenters. The molecular weight excluding hydrogens is 489 g/mol. The summed E-state index contributed by atoms with van der Waals surface area (Å²) in [6, 6.07) is 7.20. The lowest BCUT2D eigenvalue weighted by Gasteiger charge is -2.41. The molecule has 4 rings (SSSR count). The number of anilines is 1. The largest absolute Gasteiger partial charge is 0.363 e. The monoisotopic (exact) mass is 517 g/mol. The van der Waals surface area contributed by atoms with Crippen LogP contribution < -0.4 is 10.2 Å². The van der Waals surface area contributed by atoms with Crippen LogP contribution in [0.2, 0.25) is 10.0 Å². The van der Waals surface area contributed by atoms with Gasteiger partial charge in [0.25, 0.3) is 5.91 Å². The molecule has 34 heavy (non-hydrogen) atoms. The highest BCUT2D eigenvalue weighted by Crippen LogP contribution is 2.27. The summed E-state index contributed by atoms with van der Waals surface area (Å²) in [5, 5.41) is 7.84. The fraction of sp³-hybridized carbons (Fsp3) is 0.400. The number of thiophene rings is 1. The number of halogens is 2. The first kappa shape index (κ1) is 24.9. The van der Waals surface area contributed by atoms with E-state index < -0.39 is 0 Å². The number of likely N-dealkylation sites (tertiary alicyclic amines) is 1. The van der Waals surface area contributed by atoms with Gasteiger partial charge in [0, 0.05) is 56.9 Å². The Kier molecular flexibility index (Phi) is 8.78. The lowest BCUT2D eigenvalue weighted by atomic mass is 9.99. The molecule has 1 aliphatic rings. The van der Waals surface area contributed by atoms with E-state index in [0.717, 1.165) is 38.9 Å². The van der Waals surface area contributed by atoms with Crippen LogP contribution in [-0.2, 0) is 6.54 Å². The van der Waals surface area contributed by atoms with Gasteiger partial charge in [-0.1, -0.05) is 23.2 Å². The molecule has 1 saturated heterocycles. The Morgan fingerprint density at radius 3 is 2.62 bits per heavy atom. The summed E-state index contributed by atoms with van der Waals surface area (Å²) in [5.41, 5.74) is 2.80. The third-order valence-corrected chi connectivity index (χ3v) is 7.71. The quantitative estimate of drug-likeness (QED) is 0.404. The number of nitrogens with one attached hydrogen (secondary N) is 1. The highest BCUT2D eigenvalue weighted by Gasteiger charge is 2.27. The molecule has 0 aliphatic carbocycles. The second kappa shape index (κ2) is 12.0. The van der Waals surface area contributed by atoms with Crippen LogP contribution in [0, 0.1) is 0 Å². The van der Waals surface area contributed by atoms with Crippen LogP contribution in [0.1, 0.15) is 42.1 Å². The van der Waals surface area contributed by atoms with Crippen molar-refractivity contribution >= 4 is 46.1 Å². The van der Waals surface area contributed by atoms with Crippen LogP contribution in [0.25, 0.3) is 0 Å². The lowest BCUT2D eigenvalue weighted by Crippen LogP contribution is -2.48. The number of amides is 1. The Balaban J connectivity index is 1.28. The fourth-order valence-electron chi connectivity index (χ4n) is 4.47. The van der Waals surface area contributed by atoms with Gasteiger partial charge < -0.3 is 15.1 Å². The minimum atomic E-state index is -0.260. The smallest absolute Gasteiger partial charge is 0.254 e. The number of hydrogen-bond acceptors (Lipinski definition) is 6. The molecule has 0 saturated carbocycles. The predicted molar refractivity (Wildman–Crippen MR) is 140 cm³/mol. The van der Waals surface area contributed by atoms with E-state index in [1.807, 2.05) is 18.5 Å². The number of piperidine rings is 1. The predicted octanol–water partition coefficient (Wildman–Crippen LogP) is 5.52. The van der Waals surface area contributed by atoms with Crippen molar-refractivity contribution in [2.45, 2.75) is 44.8 Å². The first-order chi connectivity index (χ1) is 16.5. The molecule has 3 aromatic heterocycles. The molecule has 1 N–H and O–H groups in total. The number of rotatable bonds is 9. The fourth-order valence-corrected chi connectivity index (χ4v) is 5.66. The zero-order valence-corrected chi connectivity index (χ0v) is 21.5. The van der Waals surface area contributed by atoms with E-state index in [9.17, 15) is 4.79 Å². The highest BCUT2D eigenvalue weighted by molar-refractivity contribution is 7.07. The summed E-state index contributed by atoms with van der Waals surface area (Å²) >= 11 is 13.9. The van der Waals surface area contributed by atoms with Crippen molar-refractivity contribution in [2.75, 3.05) is 24.5 Å². The summed E-state index contributed by atoms with van der Waals surface area (Å²) in [4.78, 5) is 25.8. The maximum Gasteiger partial charge on any atom is 0.254 e. The zero-order chi connectivity index (χ0) is 23.9. The molecule has 9 heteroatoms. The van der Waals surface area contributed by atoms with Gasteiger partial charge in [0.15, 0.2) is 0 Å². The molecule has 4 heterocycles. The van der Waals surface area contributed by atoms with Gasteiger partial charge in [-0.05, 0) is 60.7 Å². The summed E-state index contributed by atoms with van der Waals surface area (Å²) in [6.45, 7) is 5.75. The molecule has 6 nitrogen and oxygen atoms in total. The van der Waals surface area contributed by atoms with Crippen LogP contribution in [-0.4, -0.2) is 52.5 Å². The summed E-state index contributed by atoms with van der Waals surface area (Å²) in [6.07, 6.45) is 9.70. The van der Waals surface area contributed by atoms with E-state index in [-0.39, 0.29) is 21.5 Å². The minimum Gasteiger partial charge on any atom is -0.363 e. The SMILES string of the molecule is CC(CCNC(=O)c1c(Cl)cncc1Cl)N1CCC(N(Cc2ccsc2)c2cccnc2)CC1. The van der Waals surface area contributed by atoms with Gasteiger partial charge in [-0.3, -0.25) is 14.8 Å². The molecule has 1 fully saturated rings. The van der Waals surface area contributed by atoms with Gasteiger partial charge in [0.05, 0.1) is 27.5 Å². The number of carbonyl (C=O) groups excluding carboxylic acids is 1. The zero-order valence-electron chi connectivity index (χ0n) is 19.2. The first-order valence-electron chi connectivity index (χ1n) is 11.5. The van der Waals surface area contributed by atoms with E-state index in [4.69, 9.17) is 23.2 Å². The van der Waals surface area contributed by atoms with Crippen molar-refractivity contribution in [2.24, 2.45) is 0 Å². The van der Waals surface area contributed by atoms with Crippen LogP contribution in [0.4, 0.5) is 5.69 Å². The van der Waals surface area contributed by atoms with Gasteiger partial charge >= 0.3 is 0 Å². The second-order valence-electron chi connectivity index (χ2n) is 8.61. The molecule has 3 aromatic rings. The maximum absolute atomic E-state index is 12.5. The summed E-state index contributed by atoms with van der Waals surface area (Å²) in [5.74, 6) is -0.260. The Labute approximate surface area is 214 Å². The third-order valence-electron chi connectivity index (χ3n) is 6.40. The van der Waals surface area contributed by atoms with E-state index >= 15 is 0 Å². The van der Waals surface area contributed by atoms with Crippen molar-refractivity contribution in [1.82, 2.24) is 20.2 Å². The van der Waals surface area contributed by atoms with Gasteiger partial charge in [-0.2, -0.15) is 11.3 Å². The number of aromatic nitrogens is 2. The van der Waals surface area contributed by atoms with E-state index in [1.54, 1.807) is 11.3 Å². The maximum atomic E-state index is 12.5. The molecular formula is C25H29Cl2N5OS. The number of carbonyl (C=O) groups is 1. The summed E-state index contributed by atoms with van der Waals surface area (Å²) < 4.78 is 0. The van der Waals surface area contributed by atoms with Crippen molar-refractivity contribution in [3.63, 3.8) is 0 Å². The van der Waals surface area contributed by atoms with E-state index in [1.165, 1.54) is 23.6 Å². The van der Waals surface area contributed by atoms with Crippen LogP contribution in [0.5, 0.6) is 0 Å². The molecule has 0 aromatic carbocycles. The average Bonchev–Trinajstić information content (AvgIpc) is 3.36. The van der Waals surface area contributed by atoms with Crippen molar-refractivity contribution in [1.29, 1.82) is 0 Å². The molecule has 180 valence electrons. The van der Waals surface area contributed by atoms with Crippen molar-refractivity contribution < 1.29 is 4.79 Å². The topological polar surface area (TPSA) is 61.4 Å². The highest BCUT2D eigenvalue weighted by atomic mass is 35.5. The van der Waals surface area contributed by atoms with Crippen LogP contribution in [0.3, 0.4) is 0 Å². The van der Waals surface area contributed by atoms with Gasteiger partial charge in [-0.15, -0.1) is 0 Å². The first-order valence-corrected chi connectivity index (χ1v) is 13.2. The lowest BCUT2D eigenvalue weighted by molar-refractivity contribution is 0.0945. The Morgan fingerprint density at radius 2 is 1.97 bits per heavy atom. The number of nitrogens with zero attached hydrogens (tertiary/aromatic N) is 4. The number of hydrogen-bond donors (Lipinski definition) is 1. The Bertz CT molecular complexity index is 1040.